The lowest BCUT2D eigenvalue weighted by Crippen LogP contribution is -2.31. The van der Waals surface area contributed by atoms with Crippen LogP contribution in [-0.4, -0.2) is 36.3 Å². The third-order valence-electron chi connectivity index (χ3n) is 5.51. The average Bonchev–Trinajstić information content (AvgIpc) is 3.31. The first-order valence-electron chi connectivity index (χ1n) is 10.6. The molecule has 1 unspecified atom stereocenters. The van der Waals surface area contributed by atoms with Crippen LogP contribution >= 0.6 is 11.6 Å². The monoisotopic (exact) mass is 480 g/mol. The molecule has 0 aliphatic carbocycles. The molecule has 0 saturated heterocycles. The van der Waals surface area contributed by atoms with Crippen molar-refractivity contribution in [1.82, 2.24) is 5.01 Å². The van der Waals surface area contributed by atoms with E-state index < -0.39 is 24.3 Å². The van der Waals surface area contributed by atoms with Crippen molar-refractivity contribution in [3.8, 4) is 5.75 Å². The molecule has 0 fully saturated rings. The number of ether oxygens (including phenoxy) is 2. The molecule has 3 aromatic carbocycles. The van der Waals surface area contributed by atoms with Crippen molar-refractivity contribution < 1.29 is 23.5 Å². The number of carbonyl (C=O) groups is 2. The second kappa shape index (κ2) is 10.5. The summed E-state index contributed by atoms with van der Waals surface area (Å²) in [6.45, 7) is -0.525. The molecule has 3 aromatic rings. The Hall–Kier alpha value is -3.71. The fourth-order valence-corrected chi connectivity index (χ4v) is 3.97. The van der Waals surface area contributed by atoms with Gasteiger partial charge in [-0.3, -0.25) is 9.59 Å². The summed E-state index contributed by atoms with van der Waals surface area (Å²) in [5.41, 5.74) is 2.55. The molecule has 0 bridgehead atoms. The second-order valence-corrected chi connectivity index (χ2v) is 8.09. The van der Waals surface area contributed by atoms with Crippen LogP contribution in [-0.2, 0) is 20.7 Å². The fourth-order valence-electron chi connectivity index (χ4n) is 3.74. The van der Waals surface area contributed by atoms with Crippen LogP contribution in [0, 0.1) is 5.82 Å². The van der Waals surface area contributed by atoms with Crippen molar-refractivity contribution in [2.24, 2.45) is 5.10 Å². The minimum atomic E-state index is -0.757. The Balaban J connectivity index is 1.50. The summed E-state index contributed by atoms with van der Waals surface area (Å²) in [5, 5.41) is 6.01. The second-order valence-electron chi connectivity index (χ2n) is 7.68. The van der Waals surface area contributed by atoms with Gasteiger partial charge in [-0.05, 0) is 35.4 Å². The Kier molecular flexibility index (Phi) is 7.23. The Morgan fingerprint density at radius 2 is 1.79 bits per heavy atom. The lowest BCUT2D eigenvalue weighted by atomic mass is 9.98. The van der Waals surface area contributed by atoms with E-state index in [4.69, 9.17) is 21.1 Å². The highest BCUT2D eigenvalue weighted by Crippen LogP contribution is 2.33. The Labute approximate surface area is 201 Å². The summed E-state index contributed by atoms with van der Waals surface area (Å²) in [5.74, 6) is -1.15. The Morgan fingerprint density at radius 1 is 1.06 bits per heavy atom. The number of rotatable bonds is 7. The maximum absolute atomic E-state index is 14.0. The Bertz CT molecular complexity index is 1190. The quantitative estimate of drug-likeness (QED) is 0.449. The highest BCUT2D eigenvalue weighted by Gasteiger charge is 2.33. The molecular formula is C26H22ClFN2O4. The van der Waals surface area contributed by atoms with Gasteiger partial charge in [0.05, 0.1) is 25.3 Å². The van der Waals surface area contributed by atoms with Gasteiger partial charge in [-0.25, -0.2) is 9.40 Å². The maximum atomic E-state index is 14.0. The first-order valence-corrected chi connectivity index (χ1v) is 11.0. The predicted octanol–water partition coefficient (Wildman–Crippen LogP) is 4.95. The lowest BCUT2D eigenvalue weighted by molar-refractivity contribution is -0.152. The summed E-state index contributed by atoms with van der Waals surface area (Å²) in [6.07, 6.45) is 0.125. The van der Waals surface area contributed by atoms with Gasteiger partial charge in [0.15, 0.2) is 6.61 Å². The topological polar surface area (TPSA) is 68.2 Å². The number of benzene rings is 3. The number of nitrogens with zero attached hydrogens (tertiary/aromatic N) is 2. The molecule has 1 heterocycles. The minimum absolute atomic E-state index is 0.0308. The zero-order valence-corrected chi connectivity index (χ0v) is 19.2. The highest BCUT2D eigenvalue weighted by molar-refractivity contribution is 6.31. The van der Waals surface area contributed by atoms with E-state index in [1.807, 2.05) is 54.6 Å². The number of esters is 1. The molecule has 1 atom stereocenters. The zero-order chi connectivity index (χ0) is 24.1. The molecule has 6 nitrogen and oxygen atoms in total. The van der Waals surface area contributed by atoms with Gasteiger partial charge in [-0.1, -0.05) is 60.1 Å². The van der Waals surface area contributed by atoms with Crippen molar-refractivity contribution in [2.45, 2.75) is 18.9 Å². The van der Waals surface area contributed by atoms with Gasteiger partial charge in [0, 0.05) is 17.0 Å². The van der Waals surface area contributed by atoms with E-state index in [9.17, 15) is 14.0 Å². The first-order chi connectivity index (χ1) is 16.5. The van der Waals surface area contributed by atoms with Gasteiger partial charge in [0.1, 0.15) is 11.6 Å². The molecule has 0 spiro atoms. The minimum Gasteiger partial charge on any atom is -0.497 e. The molecule has 1 aliphatic rings. The molecule has 0 N–H and O–H groups in total. The third-order valence-corrected chi connectivity index (χ3v) is 5.87. The smallest absolute Gasteiger partial charge is 0.310 e. The molecular weight excluding hydrogens is 459 g/mol. The molecule has 34 heavy (non-hydrogen) atoms. The van der Waals surface area contributed by atoms with Gasteiger partial charge in [-0.2, -0.15) is 5.10 Å². The molecule has 0 saturated carbocycles. The van der Waals surface area contributed by atoms with Gasteiger partial charge < -0.3 is 9.47 Å². The van der Waals surface area contributed by atoms with Gasteiger partial charge in [-0.15, -0.1) is 0 Å². The summed E-state index contributed by atoms with van der Waals surface area (Å²) in [7, 11) is 1.58. The summed E-state index contributed by atoms with van der Waals surface area (Å²) >= 11 is 5.97. The van der Waals surface area contributed by atoms with Crippen LogP contribution in [0.5, 0.6) is 5.75 Å². The number of carbonyl (C=O) groups excluding carboxylic acids is 2. The molecule has 0 radical (unpaired) electrons. The van der Waals surface area contributed by atoms with E-state index in [0.717, 1.165) is 16.8 Å². The number of hydrazone groups is 1. The highest BCUT2D eigenvalue weighted by atomic mass is 35.5. The maximum Gasteiger partial charge on any atom is 0.310 e. The van der Waals surface area contributed by atoms with Crippen LogP contribution < -0.4 is 4.74 Å². The van der Waals surface area contributed by atoms with Crippen LogP contribution in [0.2, 0.25) is 5.02 Å². The number of methoxy groups -OCH3 is 1. The predicted molar refractivity (Wildman–Crippen MR) is 126 cm³/mol. The average molecular weight is 481 g/mol. The van der Waals surface area contributed by atoms with Crippen LogP contribution in [0.15, 0.2) is 77.9 Å². The molecule has 8 heteroatoms. The van der Waals surface area contributed by atoms with Gasteiger partial charge in [0.2, 0.25) is 0 Å². The Morgan fingerprint density at radius 3 is 2.47 bits per heavy atom. The molecule has 1 amide bonds. The number of hydrogen-bond acceptors (Lipinski definition) is 5. The molecule has 0 aromatic heterocycles. The van der Waals surface area contributed by atoms with Crippen molar-refractivity contribution in [1.29, 1.82) is 0 Å². The van der Waals surface area contributed by atoms with E-state index in [2.05, 4.69) is 5.10 Å². The van der Waals surface area contributed by atoms with Crippen LogP contribution in [0.25, 0.3) is 0 Å². The number of hydrogen-bond donors (Lipinski definition) is 0. The van der Waals surface area contributed by atoms with Crippen LogP contribution in [0.4, 0.5) is 4.39 Å². The van der Waals surface area contributed by atoms with Crippen LogP contribution in [0.1, 0.15) is 29.2 Å². The summed E-state index contributed by atoms with van der Waals surface area (Å²) < 4.78 is 24.3. The molecule has 174 valence electrons. The van der Waals surface area contributed by atoms with Crippen molar-refractivity contribution in [3.63, 3.8) is 0 Å². The number of halogens is 2. The summed E-state index contributed by atoms with van der Waals surface area (Å²) in [6, 6.07) is 20.7. The standard InChI is InChI=1S/C26H22ClFN2O4/c1-33-19-12-10-18(11-13-19)24-15-23(17-6-3-2-4-7-17)29-30(24)25(31)16-34-26(32)14-20-21(27)8-5-9-22(20)28/h2-13,24H,14-16H2,1H3. The lowest BCUT2D eigenvalue weighted by Gasteiger charge is -2.22. The normalized spacial score (nSPS) is 15.1. The fraction of sp³-hybridized carbons (Fsp3) is 0.192. The largest absolute Gasteiger partial charge is 0.497 e. The number of amides is 1. The first kappa shape index (κ1) is 23.4. The van der Waals surface area contributed by atoms with E-state index in [1.54, 1.807) is 7.11 Å². The van der Waals surface area contributed by atoms with Gasteiger partial charge in [0.25, 0.3) is 5.91 Å². The zero-order valence-electron chi connectivity index (χ0n) is 18.4. The van der Waals surface area contributed by atoms with Gasteiger partial charge >= 0.3 is 5.97 Å². The SMILES string of the molecule is COc1ccc(C2CC(c3ccccc3)=NN2C(=O)COC(=O)Cc2c(F)cccc2Cl)cc1. The van der Waals surface area contributed by atoms with E-state index in [-0.39, 0.29) is 23.0 Å². The third kappa shape index (κ3) is 5.26. The summed E-state index contributed by atoms with van der Waals surface area (Å²) in [4.78, 5) is 25.3. The van der Waals surface area contributed by atoms with Crippen molar-refractivity contribution in [2.75, 3.05) is 13.7 Å². The molecule has 4 rings (SSSR count). The van der Waals surface area contributed by atoms with E-state index in [0.29, 0.717) is 12.2 Å². The van der Waals surface area contributed by atoms with Crippen molar-refractivity contribution >= 4 is 29.2 Å². The molecule has 1 aliphatic heterocycles. The van der Waals surface area contributed by atoms with Crippen LogP contribution in [0.3, 0.4) is 0 Å². The van der Waals surface area contributed by atoms with E-state index >= 15 is 0 Å². The van der Waals surface area contributed by atoms with E-state index in [1.165, 1.54) is 23.2 Å². The van der Waals surface area contributed by atoms with Crippen molar-refractivity contribution in [3.05, 3.63) is 100 Å².